The largest absolute Gasteiger partial charge is 0.487 e. The third kappa shape index (κ3) is 6.21. The third-order valence-corrected chi connectivity index (χ3v) is 5.49. The zero-order valence-corrected chi connectivity index (χ0v) is 19.9. The highest BCUT2D eigenvalue weighted by molar-refractivity contribution is 14.0. The number of carbonyl (C=O) groups is 1. The van der Waals surface area contributed by atoms with E-state index < -0.39 is 0 Å². The Balaban J connectivity index is 0.00000300. The SMILES string of the molecule is COCCNC(=NCC(=O)N(C)C)NC1CC2(CCCC2)Oc2ccccc21.I. The van der Waals surface area contributed by atoms with Crippen molar-refractivity contribution in [3.63, 3.8) is 0 Å². The molecule has 1 aliphatic heterocycles. The second kappa shape index (κ2) is 11.0. The number of rotatable bonds is 6. The Labute approximate surface area is 190 Å². The molecule has 0 saturated heterocycles. The molecule has 0 bridgehead atoms. The molecule has 1 aromatic carbocycles. The van der Waals surface area contributed by atoms with Crippen LogP contribution in [-0.2, 0) is 9.53 Å². The van der Waals surface area contributed by atoms with Crippen molar-refractivity contribution in [2.75, 3.05) is 40.9 Å². The summed E-state index contributed by atoms with van der Waals surface area (Å²) in [5, 5.41) is 6.82. The van der Waals surface area contributed by atoms with Crippen LogP contribution in [0.25, 0.3) is 0 Å². The van der Waals surface area contributed by atoms with Crippen molar-refractivity contribution in [3.8, 4) is 5.75 Å². The molecule has 1 atom stereocenters. The maximum atomic E-state index is 12.0. The van der Waals surface area contributed by atoms with Crippen LogP contribution < -0.4 is 15.4 Å². The van der Waals surface area contributed by atoms with Crippen LogP contribution in [0.5, 0.6) is 5.75 Å². The van der Waals surface area contributed by atoms with Gasteiger partial charge in [0.2, 0.25) is 5.91 Å². The number of ether oxygens (including phenoxy) is 2. The molecule has 2 aliphatic rings. The Morgan fingerprint density at radius 1 is 1.31 bits per heavy atom. The van der Waals surface area contributed by atoms with Gasteiger partial charge in [0.25, 0.3) is 0 Å². The lowest BCUT2D eigenvalue weighted by Crippen LogP contribution is -2.47. The van der Waals surface area contributed by atoms with Crippen molar-refractivity contribution in [2.24, 2.45) is 4.99 Å². The topological polar surface area (TPSA) is 75.2 Å². The molecule has 1 saturated carbocycles. The molecule has 162 valence electrons. The minimum Gasteiger partial charge on any atom is -0.487 e. The molecular weight excluding hydrogens is 483 g/mol. The molecule has 1 aliphatic carbocycles. The molecule has 1 amide bonds. The maximum absolute atomic E-state index is 12.0. The Bertz CT molecular complexity index is 705. The van der Waals surface area contributed by atoms with E-state index in [1.54, 1.807) is 26.1 Å². The number of aliphatic imine (C=N–C) groups is 1. The van der Waals surface area contributed by atoms with Crippen LogP contribution in [0.15, 0.2) is 29.3 Å². The van der Waals surface area contributed by atoms with Gasteiger partial charge in [0, 0.05) is 39.7 Å². The van der Waals surface area contributed by atoms with Crippen LogP contribution in [0.3, 0.4) is 0 Å². The van der Waals surface area contributed by atoms with Crippen LogP contribution in [0.4, 0.5) is 0 Å². The number of fused-ring (bicyclic) bond motifs is 1. The second-order valence-electron chi connectivity index (χ2n) is 7.80. The van der Waals surface area contributed by atoms with Gasteiger partial charge in [-0.2, -0.15) is 0 Å². The lowest BCUT2D eigenvalue weighted by molar-refractivity contribution is -0.127. The van der Waals surface area contributed by atoms with E-state index in [1.165, 1.54) is 12.8 Å². The van der Waals surface area contributed by atoms with Crippen molar-refractivity contribution in [3.05, 3.63) is 29.8 Å². The number of benzene rings is 1. The van der Waals surface area contributed by atoms with Crippen molar-refractivity contribution >= 4 is 35.8 Å². The minimum absolute atomic E-state index is 0. The van der Waals surface area contributed by atoms with Gasteiger partial charge in [-0.25, -0.2) is 4.99 Å². The van der Waals surface area contributed by atoms with Gasteiger partial charge in [-0.3, -0.25) is 4.79 Å². The van der Waals surface area contributed by atoms with Crippen LogP contribution in [0.1, 0.15) is 43.7 Å². The summed E-state index contributed by atoms with van der Waals surface area (Å²) in [5.74, 6) is 1.54. The van der Waals surface area contributed by atoms with Gasteiger partial charge < -0.3 is 25.0 Å². The van der Waals surface area contributed by atoms with Crippen LogP contribution in [-0.4, -0.2) is 63.3 Å². The highest BCUT2D eigenvalue weighted by Gasteiger charge is 2.43. The monoisotopic (exact) mass is 516 g/mol. The molecule has 1 aromatic rings. The molecule has 7 nitrogen and oxygen atoms in total. The van der Waals surface area contributed by atoms with Crippen LogP contribution in [0.2, 0.25) is 0 Å². The summed E-state index contributed by atoms with van der Waals surface area (Å²) in [6, 6.07) is 8.30. The van der Waals surface area contributed by atoms with Crippen molar-refractivity contribution in [2.45, 2.75) is 43.7 Å². The quantitative estimate of drug-likeness (QED) is 0.263. The smallest absolute Gasteiger partial charge is 0.243 e. The molecule has 3 rings (SSSR count). The molecule has 1 heterocycles. The number of guanidine groups is 1. The molecule has 0 radical (unpaired) electrons. The van der Waals surface area contributed by atoms with E-state index in [9.17, 15) is 4.79 Å². The number of carbonyl (C=O) groups excluding carboxylic acids is 1. The maximum Gasteiger partial charge on any atom is 0.243 e. The normalized spacial score (nSPS) is 19.7. The zero-order chi connectivity index (χ0) is 20.0. The molecule has 29 heavy (non-hydrogen) atoms. The van der Waals surface area contributed by atoms with Gasteiger partial charge in [0.05, 0.1) is 12.6 Å². The van der Waals surface area contributed by atoms with Crippen molar-refractivity contribution in [1.29, 1.82) is 0 Å². The predicted octanol–water partition coefficient (Wildman–Crippen LogP) is 2.71. The summed E-state index contributed by atoms with van der Waals surface area (Å²) in [6.07, 6.45) is 5.49. The zero-order valence-electron chi connectivity index (χ0n) is 17.6. The molecule has 0 aromatic heterocycles. The molecule has 1 fully saturated rings. The summed E-state index contributed by atoms with van der Waals surface area (Å²) >= 11 is 0. The number of amides is 1. The summed E-state index contributed by atoms with van der Waals surface area (Å²) in [5.41, 5.74) is 1.04. The number of methoxy groups -OCH3 is 1. The van der Waals surface area contributed by atoms with Crippen molar-refractivity contribution < 1.29 is 14.3 Å². The molecular formula is C21H33IN4O3. The average molecular weight is 516 g/mol. The average Bonchev–Trinajstić information content (AvgIpc) is 3.13. The van der Waals surface area contributed by atoms with Gasteiger partial charge in [-0.15, -0.1) is 24.0 Å². The minimum atomic E-state index is -0.0941. The third-order valence-electron chi connectivity index (χ3n) is 5.49. The van der Waals surface area contributed by atoms with E-state index >= 15 is 0 Å². The fourth-order valence-electron chi connectivity index (χ4n) is 3.95. The number of nitrogens with zero attached hydrogens (tertiary/aromatic N) is 2. The fourth-order valence-corrected chi connectivity index (χ4v) is 3.95. The number of likely N-dealkylation sites (N-methyl/N-ethyl adjacent to an activating group) is 1. The first-order chi connectivity index (χ1) is 13.5. The number of hydrogen-bond acceptors (Lipinski definition) is 4. The van der Waals surface area contributed by atoms with Gasteiger partial charge in [-0.1, -0.05) is 18.2 Å². The predicted molar refractivity (Wildman–Crippen MR) is 125 cm³/mol. The first-order valence-corrected chi connectivity index (χ1v) is 10.0. The highest BCUT2D eigenvalue weighted by Crippen LogP contribution is 2.46. The van der Waals surface area contributed by atoms with Crippen LogP contribution >= 0.6 is 24.0 Å². The first kappa shape index (κ1) is 23.7. The highest BCUT2D eigenvalue weighted by atomic mass is 127. The summed E-state index contributed by atoms with van der Waals surface area (Å²) in [6.45, 7) is 1.29. The van der Waals surface area contributed by atoms with Gasteiger partial charge in [-0.05, 0) is 31.7 Å². The summed E-state index contributed by atoms with van der Waals surface area (Å²) in [7, 11) is 5.14. The van der Waals surface area contributed by atoms with E-state index in [0.29, 0.717) is 19.1 Å². The van der Waals surface area contributed by atoms with Gasteiger partial charge in [0.15, 0.2) is 5.96 Å². The van der Waals surface area contributed by atoms with Gasteiger partial charge >= 0.3 is 0 Å². The van der Waals surface area contributed by atoms with E-state index in [-0.39, 0.29) is 48.1 Å². The lowest BCUT2D eigenvalue weighted by atomic mass is 9.86. The number of nitrogens with one attached hydrogen (secondary N) is 2. The van der Waals surface area contributed by atoms with Crippen LogP contribution in [0, 0.1) is 0 Å². The molecule has 8 heteroatoms. The number of halogens is 1. The number of hydrogen-bond donors (Lipinski definition) is 2. The van der Waals surface area contributed by atoms with Gasteiger partial charge in [0.1, 0.15) is 17.9 Å². The fraction of sp³-hybridized carbons (Fsp3) is 0.619. The summed E-state index contributed by atoms with van der Waals surface area (Å²) in [4.78, 5) is 18.0. The van der Waals surface area contributed by atoms with Crippen molar-refractivity contribution in [1.82, 2.24) is 15.5 Å². The molecule has 2 N–H and O–H groups in total. The Morgan fingerprint density at radius 2 is 2.03 bits per heavy atom. The lowest BCUT2D eigenvalue weighted by Gasteiger charge is -2.40. The number of para-hydroxylation sites is 1. The van der Waals surface area contributed by atoms with E-state index in [2.05, 4.69) is 21.7 Å². The van der Waals surface area contributed by atoms with E-state index in [1.807, 2.05) is 18.2 Å². The standard InChI is InChI=1S/C21H32N4O3.HI/c1-25(2)19(26)15-23-20(22-12-13-27-3)24-17-14-21(10-6-7-11-21)28-18-9-5-4-8-16(17)18;/h4-5,8-9,17H,6-7,10-15H2,1-3H3,(H2,22,23,24);1H. The van der Waals surface area contributed by atoms with E-state index in [0.717, 1.165) is 30.6 Å². The first-order valence-electron chi connectivity index (χ1n) is 10.0. The molecule has 1 unspecified atom stereocenters. The second-order valence-corrected chi connectivity index (χ2v) is 7.80. The Morgan fingerprint density at radius 3 is 2.72 bits per heavy atom. The summed E-state index contributed by atoms with van der Waals surface area (Å²) < 4.78 is 11.6. The van der Waals surface area contributed by atoms with E-state index in [4.69, 9.17) is 9.47 Å². The Hall–Kier alpha value is -1.55. The molecule has 1 spiro atoms. The Kier molecular flexibility index (Phi) is 9.01.